The molecule has 0 atom stereocenters. The molecule has 0 spiro atoms. The zero-order valence-corrected chi connectivity index (χ0v) is 14.5. The van der Waals surface area contributed by atoms with Crippen molar-refractivity contribution in [1.82, 2.24) is 4.90 Å². The van der Waals surface area contributed by atoms with Gasteiger partial charge in [0, 0.05) is 38.3 Å². The van der Waals surface area contributed by atoms with E-state index in [9.17, 15) is 20.0 Å². The number of benzene rings is 1. The standard InChI is InChI=1S/C17H25N3O4/c1-4-18(12-17(2,3)22)16(21)14-11-13(20(23)24)7-8-15(14)19-9-5-6-10-19/h7-8,11,22H,4-6,9-10,12H2,1-3H3. The molecule has 0 radical (unpaired) electrons. The van der Waals surface area contributed by atoms with Gasteiger partial charge in [0.1, 0.15) is 0 Å². The Bertz CT molecular complexity index is 619. The lowest BCUT2D eigenvalue weighted by atomic mass is 10.1. The molecule has 1 fully saturated rings. The van der Waals surface area contributed by atoms with E-state index in [4.69, 9.17) is 0 Å². The van der Waals surface area contributed by atoms with Crippen LogP contribution in [0.2, 0.25) is 0 Å². The number of hydrogen-bond acceptors (Lipinski definition) is 5. The number of likely N-dealkylation sites (N-methyl/N-ethyl adjacent to an activating group) is 1. The molecule has 7 heteroatoms. The quantitative estimate of drug-likeness (QED) is 0.637. The Labute approximate surface area is 142 Å². The molecule has 0 saturated carbocycles. The van der Waals surface area contributed by atoms with Gasteiger partial charge in [0.2, 0.25) is 0 Å². The number of carbonyl (C=O) groups is 1. The third kappa shape index (κ3) is 4.23. The van der Waals surface area contributed by atoms with Crippen molar-refractivity contribution in [2.45, 2.75) is 39.2 Å². The minimum absolute atomic E-state index is 0.0967. The van der Waals surface area contributed by atoms with Gasteiger partial charge in [-0.1, -0.05) is 0 Å². The van der Waals surface area contributed by atoms with Crippen molar-refractivity contribution < 1.29 is 14.8 Å². The molecule has 1 saturated heterocycles. The fourth-order valence-electron chi connectivity index (χ4n) is 3.01. The number of nitro benzene ring substituents is 1. The number of rotatable bonds is 6. The number of hydrogen-bond donors (Lipinski definition) is 1. The molecule has 1 amide bonds. The summed E-state index contributed by atoms with van der Waals surface area (Å²) in [4.78, 5) is 27.2. The second-order valence-electron chi connectivity index (χ2n) is 6.78. The third-order valence-corrected chi connectivity index (χ3v) is 4.11. The number of amides is 1. The number of nitrogens with zero attached hydrogens (tertiary/aromatic N) is 3. The van der Waals surface area contributed by atoms with Crippen LogP contribution in [0.15, 0.2) is 18.2 Å². The zero-order chi connectivity index (χ0) is 17.9. The summed E-state index contributed by atoms with van der Waals surface area (Å²) in [5.41, 5.74) is -0.0599. The van der Waals surface area contributed by atoms with Crippen LogP contribution in [0.25, 0.3) is 0 Å². The van der Waals surface area contributed by atoms with E-state index < -0.39 is 10.5 Å². The summed E-state index contributed by atoms with van der Waals surface area (Å²) in [6, 6.07) is 4.45. The average Bonchev–Trinajstić information content (AvgIpc) is 3.04. The number of non-ortho nitro benzene ring substituents is 1. The molecule has 1 N–H and O–H groups in total. The Morgan fingerprint density at radius 1 is 1.38 bits per heavy atom. The van der Waals surface area contributed by atoms with Crippen LogP contribution in [0.3, 0.4) is 0 Å². The lowest BCUT2D eigenvalue weighted by Gasteiger charge is -2.30. The van der Waals surface area contributed by atoms with Crippen LogP contribution in [-0.2, 0) is 0 Å². The maximum Gasteiger partial charge on any atom is 0.270 e. The largest absolute Gasteiger partial charge is 0.389 e. The van der Waals surface area contributed by atoms with Crippen LogP contribution in [0, 0.1) is 10.1 Å². The molecule has 0 unspecified atom stereocenters. The Kier molecular flexibility index (Phi) is 5.43. The highest BCUT2D eigenvalue weighted by Crippen LogP contribution is 2.29. The molecule has 1 aliphatic heterocycles. The molecule has 132 valence electrons. The molecule has 1 aliphatic rings. The van der Waals surface area contributed by atoms with E-state index >= 15 is 0 Å². The Morgan fingerprint density at radius 3 is 2.50 bits per heavy atom. The van der Waals surface area contributed by atoms with Crippen molar-refractivity contribution in [2.75, 3.05) is 31.1 Å². The van der Waals surface area contributed by atoms with Crippen LogP contribution in [0.5, 0.6) is 0 Å². The second kappa shape index (κ2) is 7.17. The normalized spacial score (nSPS) is 14.8. The van der Waals surface area contributed by atoms with Crippen molar-refractivity contribution in [3.8, 4) is 0 Å². The van der Waals surface area contributed by atoms with E-state index in [2.05, 4.69) is 4.90 Å². The van der Waals surface area contributed by atoms with Gasteiger partial charge in [-0.2, -0.15) is 0 Å². The van der Waals surface area contributed by atoms with E-state index in [1.54, 1.807) is 19.9 Å². The van der Waals surface area contributed by atoms with E-state index in [0.717, 1.165) is 31.6 Å². The van der Waals surface area contributed by atoms with Gasteiger partial charge in [-0.3, -0.25) is 14.9 Å². The van der Waals surface area contributed by atoms with Gasteiger partial charge in [0.25, 0.3) is 11.6 Å². The summed E-state index contributed by atoms with van der Waals surface area (Å²) < 4.78 is 0. The minimum atomic E-state index is -1.03. The van der Waals surface area contributed by atoms with Gasteiger partial charge < -0.3 is 14.9 Å². The van der Waals surface area contributed by atoms with Crippen LogP contribution >= 0.6 is 0 Å². The molecule has 0 aromatic heterocycles. The van der Waals surface area contributed by atoms with Gasteiger partial charge in [0.15, 0.2) is 0 Å². The summed E-state index contributed by atoms with van der Waals surface area (Å²) in [6.45, 7) is 7.38. The SMILES string of the molecule is CCN(CC(C)(C)O)C(=O)c1cc([N+](=O)[O-])ccc1N1CCCC1. The predicted octanol–water partition coefficient (Wildman–Crippen LogP) is 2.43. The van der Waals surface area contributed by atoms with Crippen molar-refractivity contribution >= 4 is 17.3 Å². The molecule has 7 nitrogen and oxygen atoms in total. The smallest absolute Gasteiger partial charge is 0.270 e. The number of anilines is 1. The first-order chi connectivity index (χ1) is 11.2. The molecule has 1 aromatic rings. The molecule has 24 heavy (non-hydrogen) atoms. The van der Waals surface area contributed by atoms with Gasteiger partial charge >= 0.3 is 0 Å². The van der Waals surface area contributed by atoms with Crippen molar-refractivity contribution in [2.24, 2.45) is 0 Å². The topological polar surface area (TPSA) is 86.9 Å². The van der Waals surface area contributed by atoms with E-state index in [1.165, 1.54) is 17.0 Å². The fraction of sp³-hybridized carbons (Fsp3) is 0.588. The summed E-state index contributed by atoms with van der Waals surface area (Å²) in [6.07, 6.45) is 2.09. The van der Waals surface area contributed by atoms with Gasteiger partial charge in [0.05, 0.1) is 21.8 Å². The molecule has 2 rings (SSSR count). The summed E-state index contributed by atoms with van der Waals surface area (Å²) in [7, 11) is 0. The zero-order valence-electron chi connectivity index (χ0n) is 14.5. The highest BCUT2D eigenvalue weighted by molar-refractivity contribution is 6.00. The van der Waals surface area contributed by atoms with Crippen molar-refractivity contribution in [3.63, 3.8) is 0 Å². The Hall–Kier alpha value is -2.15. The van der Waals surface area contributed by atoms with Gasteiger partial charge in [-0.05, 0) is 39.7 Å². The maximum atomic E-state index is 13.0. The van der Waals surface area contributed by atoms with Gasteiger partial charge in [-0.15, -0.1) is 0 Å². The number of aliphatic hydroxyl groups is 1. The Balaban J connectivity index is 2.42. The molecule has 0 bridgehead atoms. The first-order valence-electron chi connectivity index (χ1n) is 8.28. The summed E-state index contributed by atoms with van der Waals surface area (Å²) in [5.74, 6) is -0.287. The van der Waals surface area contributed by atoms with Gasteiger partial charge in [-0.25, -0.2) is 0 Å². The van der Waals surface area contributed by atoms with E-state index in [1.807, 2.05) is 6.92 Å². The van der Waals surface area contributed by atoms with Crippen LogP contribution < -0.4 is 4.90 Å². The van der Waals surface area contributed by atoms with Crippen LogP contribution in [-0.4, -0.2) is 52.6 Å². The predicted molar refractivity (Wildman–Crippen MR) is 92.4 cm³/mol. The highest BCUT2D eigenvalue weighted by Gasteiger charge is 2.27. The number of nitro groups is 1. The lowest BCUT2D eigenvalue weighted by molar-refractivity contribution is -0.384. The highest BCUT2D eigenvalue weighted by atomic mass is 16.6. The van der Waals surface area contributed by atoms with Crippen molar-refractivity contribution in [1.29, 1.82) is 0 Å². The minimum Gasteiger partial charge on any atom is -0.389 e. The average molecular weight is 335 g/mol. The molecular weight excluding hydrogens is 310 g/mol. The second-order valence-corrected chi connectivity index (χ2v) is 6.78. The Morgan fingerprint density at radius 2 is 2.00 bits per heavy atom. The molecule has 1 heterocycles. The fourth-order valence-corrected chi connectivity index (χ4v) is 3.01. The van der Waals surface area contributed by atoms with E-state index in [-0.39, 0.29) is 18.1 Å². The monoisotopic (exact) mass is 335 g/mol. The number of carbonyl (C=O) groups excluding carboxylic acids is 1. The van der Waals surface area contributed by atoms with Crippen LogP contribution in [0.4, 0.5) is 11.4 Å². The summed E-state index contributed by atoms with van der Waals surface area (Å²) >= 11 is 0. The first-order valence-corrected chi connectivity index (χ1v) is 8.28. The van der Waals surface area contributed by atoms with Crippen LogP contribution in [0.1, 0.15) is 44.0 Å². The summed E-state index contributed by atoms with van der Waals surface area (Å²) in [5, 5.41) is 21.1. The molecule has 1 aromatic carbocycles. The maximum absolute atomic E-state index is 13.0. The lowest BCUT2D eigenvalue weighted by Crippen LogP contribution is -2.42. The van der Waals surface area contributed by atoms with Crippen molar-refractivity contribution in [3.05, 3.63) is 33.9 Å². The van der Waals surface area contributed by atoms with E-state index in [0.29, 0.717) is 12.1 Å². The molecule has 0 aliphatic carbocycles. The first kappa shape index (κ1) is 18.2. The molecular formula is C17H25N3O4. The third-order valence-electron chi connectivity index (χ3n) is 4.11.